The molecule has 2 rings (SSSR count). The summed E-state index contributed by atoms with van der Waals surface area (Å²) in [7, 11) is 0. The molecule has 0 saturated carbocycles. The number of hydrogen-bond donors (Lipinski definition) is 1. The number of aliphatic hydroxyl groups is 1. The van der Waals surface area contributed by atoms with Crippen molar-refractivity contribution in [1.29, 1.82) is 0 Å². The van der Waals surface area contributed by atoms with Gasteiger partial charge < -0.3 is 5.11 Å². The minimum absolute atomic E-state index is 0.0882. The molecular weight excluding hydrogens is 314 g/mol. The highest BCUT2D eigenvalue weighted by Gasteiger charge is 2.12. The van der Waals surface area contributed by atoms with E-state index in [2.05, 4.69) is 15.9 Å². The van der Waals surface area contributed by atoms with E-state index in [0.717, 1.165) is 28.2 Å². The number of benzene rings is 2. The van der Waals surface area contributed by atoms with Crippen molar-refractivity contribution in [2.45, 2.75) is 18.9 Å². The summed E-state index contributed by atoms with van der Waals surface area (Å²) in [6, 6.07) is 10.8. The fourth-order valence-corrected chi connectivity index (χ4v) is 2.39. The molecule has 4 heteroatoms. The van der Waals surface area contributed by atoms with Crippen LogP contribution in [0.3, 0.4) is 0 Å². The van der Waals surface area contributed by atoms with E-state index >= 15 is 0 Å². The molecule has 2 aromatic carbocycles. The molecule has 0 bridgehead atoms. The lowest BCUT2D eigenvalue weighted by molar-refractivity contribution is 0.174. The maximum Gasteiger partial charge on any atom is 0.126 e. The predicted molar refractivity (Wildman–Crippen MR) is 73.9 cm³/mol. The van der Waals surface area contributed by atoms with Crippen LogP contribution in [-0.4, -0.2) is 11.2 Å². The Morgan fingerprint density at radius 1 is 1.00 bits per heavy atom. The third kappa shape index (κ3) is 3.85. The molecule has 1 N–H and O–H groups in total. The molecule has 0 radical (unpaired) electrons. The summed E-state index contributed by atoms with van der Waals surface area (Å²) in [5, 5.41) is 9.99. The zero-order chi connectivity index (χ0) is 13.8. The highest BCUT2D eigenvalue weighted by atomic mass is 79.9. The molecule has 100 valence electrons. The van der Waals surface area contributed by atoms with E-state index in [9.17, 15) is 13.9 Å². The fourth-order valence-electron chi connectivity index (χ4n) is 1.94. The Labute approximate surface area is 119 Å². The van der Waals surface area contributed by atoms with Gasteiger partial charge in [-0.15, -0.1) is 0 Å². The van der Waals surface area contributed by atoms with Gasteiger partial charge in [-0.1, -0.05) is 34.1 Å². The first kappa shape index (κ1) is 14.2. The zero-order valence-electron chi connectivity index (χ0n) is 10.1. The molecule has 0 aliphatic carbocycles. The van der Waals surface area contributed by atoms with Gasteiger partial charge in [0.05, 0.1) is 6.10 Å². The first-order valence-corrected chi connectivity index (χ1v) is 6.71. The van der Waals surface area contributed by atoms with Gasteiger partial charge in [-0.25, -0.2) is 8.78 Å². The Morgan fingerprint density at radius 2 is 1.68 bits per heavy atom. The predicted octanol–water partition coefficient (Wildman–Crippen LogP) is 3.87. The third-order valence-corrected chi connectivity index (χ3v) is 3.65. The molecule has 0 aromatic heterocycles. The zero-order valence-corrected chi connectivity index (χ0v) is 11.7. The molecule has 0 saturated heterocycles. The number of hydrogen-bond acceptors (Lipinski definition) is 1. The average molecular weight is 327 g/mol. The van der Waals surface area contributed by atoms with E-state index in [1.165, 1.54) is 0 Å². The molecule has 0 aliphatic rings. The highest BCUT2D eigenvalue weighted by molar-refractivity contribution is 9.10. The summed E-state index contributed by atoms with van der Waals surface area (Å²) in [5.74, 6) is -0.989. The van der Waals surface area contributed by atoms with Gasteiger partial charge in [0.15, 0.2) is 0 Å². The standard InChI is InChI=1S/C15H13BrF2O/c16-14-4-2-1-3-10(14)8-13(19)9-11-7-12(17)5-6-15(11)18/h1-7,13,19H,8-9H2. The van der Waals surface area contributed by atoms with Crippen molar-refractivity contribution >= 4 is 15.9 Å². The second kappa shape index (κ2) is 6.26. The monoisotopic (exact) mass is 326 g/mol. The molecule has 0 fully saturated rings. The van der Waals surface area contributed by atoms with Gasteiger partial charge in [-0.2, -0.15) is 0 Å². The first-order chi connectivity index (χ1) is 9.06. The van der Waals surface area contributed by atoms with E-state index in [1.54, 1.807) is 0 Å². The van der Waals surface area contributed by atoms with E-state index in [4.69, 9.17) is 0 Å². The van der Waals surface area contributed by atoms with Crippen molar-refractivity contribution in [3.8, 4) is 0 Å². The van der Waals surface area contributed by atoms with Gasteiger partial charge in [-0.3, -0.25) is 0 Å². The van der Waals surface area contributed by atoms with Crippen molar-refractivity contribution in [2.75, 3.05) is 0 Å². The van der Waals surface area contributed by atoms with Gasteiger partial charge in [0.2, 0.25) is 0 Å². The second-order valence-corrected chi connectivity index (χ2v) is 5.24. The molecule has 1 atom stereocenters. The Kier molecular flexibility index (Phi) is 4.66. The Hall–Kier alpha value is -1.26. The van der Waals surface area contributed by atoms with Crippen molar-refractivity contribution < 1.29 is 13.9 Å². The van der Waals surface area contributed by atoms with Crippen LogP contribution < -0.4 is 0 Å². The molecule has 0 heterocycles. The molecular formula is C15H13BrF2O. The van der Waals surface area contributed by atoms with E-state index in [0.29, 0.717) is 6.42 Å². The van der Waals surface area contributed by atoms with Crippen LogP contribution in [0.5, 0.6) is 0 Å². The third-order valence-electron chi connectivity index (χ3n) is 2.88. The van der Waals surface area contributed by atoms with Crippen LogP contribution in [0, 0.1) is 11.6 Å². The lowest BCUT2D eigenvalue weighted by Crippen LogP contribution is -2.15. The van der Waals surface area contributed by atoms with E-state index < -0.39 is 17.7 Å². The molecule has 1 nitrogen and oxygen atoms in total. The lowest BCUT2D eigenvalue weighted by Gasteiger charge is -2.12. The molecule has 0 spiro atoms. The summed E-state index contributed by atoms with van der Waals surface area (Å²) in [4.78, 5) is 0. The van der Waals surface area contributed by atoms with Crippen LogP contribution in [0.1, 0.15) is 11.1 Å². The van der Waals surface area contributed by atoms with E-state index in [-0.39, 0.29) is 12.0 Å². The Bertz CT molecular complexity index is 572. The quantitative estimate of drug-likeness (QED) is 0.904. The summed E-state index contributed by atoms with van der Waals surface area (Å²) < 4.78 is 27.4. The number of aliphatic hydroxyl groups excluding tert-OH is 1. The topological polar surface area (TPSA) is 20.2 Å². The van der Waals surface area contributed by atoms with Crippen LogP contribution in [0.25, 0.3) is 0 Å². The minimum Gasteiger partial charge on any atom is -0.392 e. The second-order valence-electron chi connectivity index (χ2n) is 4.39. The highest BCUT2D eigenvalue weighted by Crippen LogP contribution is 2.19. The minimum atomic E-state index is -0.755. The summed E-state index contributed by atoms with van der Waals surface area (Å²) in [6.07, 6.45) is -0.280. The van der Waals surface area contributed by atoms with Gasteiger partial charge in [-0.05, 0) is 41.8 Å². The van der Waals surface area contributed by atoms with Crippen molar-refractivity contribution in [2.24, 2.45) is 0 Å². The molecule has 2 aromatic rings. The largest absolute Gasteiger partial charge is 0.392 e. The lowest BCUT2D eigenvalue weighted by atomic mass is 10.0. The van der Waals surface area contributed by atoms with Crippen LogP contribution in [-0.2, 0) is 12.8 Å². The normalized spacial score (nSPS) is 12.4. The van der Waals surface area contributed by atoms with Crippen LogP contribution in [0.15, 0.2) is 46.9 Å². The number of halogens is 3. The van der Waals surface area contributed by atoms with Gasteiger partial charge in [0.25, 0.3) is 0 Å². The average Bonchev–Trinajstić information content (AvgIpc) is 2.37. The summed E-state index contributed by atoms with van der Waals surface area (Å²) >= 11 is 3.39. The number of rotatable bonds is 4. The molecule has 19 heavy (non-hydrogen) atoms. The maximum atomic E-state index is 13.5. The maximum absolute atomic E-state index is 13.5. The van der Waals surface area contributed by atoms with Crippen molar-refractivity contribution in [3.63, 3.8) is 0 Å². The summed E-state index contributed by atoms with van der Waals surface area (Å²) in [5.41, 5.74) is 1.13. The smallest absolute Gasteiger partial charge is 0.126 e. The van der Waals surface area contributed by atoms with Crippen molar-refractivity contribution in [3.05, 3.63) is 69.7 Å². The van der Waals surface area contributed by atoms with Crippen LogP contribution in [0.2, 0.25) is 0 Å². The van der Waals surface area contributed by atoms with E-state index in [1.807, 2.05) is 24.3 Å². The SMILES string of the molecule is OC(Cc1cc(F)ccc1F)Cc1ccccc1Br. The van der Waals surface area contributed by atoms with Gasteiger partial charge >= 0.3 is 0 Å². The van der Waals surface area contributed by atoms with Crippen LogP contribution in [0.4, 0.5) is 8.78 Å². The molecule has 1 unspecified atom stereocenters. The van der Waals surface area contributed by atoms with Crippen molar-refractivity contribution in [1.82, 2.24) is 0 Å². The first-order valence-electron chi connectivity index (χ1n) is 5.91. The van der Waals surface area contributed by atoms with Gasteiger partial charge in [0.1, 0.15) is 11.6 Å². The summed E-state index contributed by atoms with van der Waals surface area (Å²) in [6.45, 7) is 0. The Balaban J connectivity index is 2.07. The fraction of sp³-hybridized carbons (Fsp3) is 0.200. The Morgan fingerprint density at radius 3 is 2.42 bits per heavy atom. The molecule has 0 aliphatic heterocycles. The van der Waals surface area contributed by atoms with Gasteiger partial charge in [0, 0.05) is 10.9 Å². The van der Waals surface area contributed by atoms with Crippen LogP contribution >= 0.6 is 15.9 Å². The molecule has 0 amide bonds.